The fourth-order valence-corrected chi connectivity index (χ4v) is 5.23. The summed E-state index contributed by atoms with van der Waals surface area (Å²) in [6.45, 7) is 10.3. The smallest absolute Gasteiger partial charge is 0.126 e. The normalized spacial score (nSPS) is 11.0. The summed E-state index contributed by atoms with van der Waals surface area (Å²) < 4.78 is 21.9. The van der Waals surface area contributed by atoms with E-state index in [1.807, 2.05) is 43.3 Å². The number of rotatable bonds is 12. The molecule has 0 unspecified atom stereocenters. The maximum absolute atomic E-state index is 13.4. The van der Waals surface area contributed by atoms with Gasteiger partial charge in [-0.3, -0.25) is 0 Å². The molecule has 1 heterocycles. The third-order valence-electron chi connectivity index (χ3n) is 7.53. The van der Waals surface area contributed by atoms with Gasteiger partial charge in [-0.15, -0.1) is 0 Å². The molecule has 0 atom stereocenters. The van der Waals surface area contributed by atoms with Gasteiger partial charge in [-0.05, 0) is 105 Å². The number of hydrogen-bond acceptors (Lipinski definition) is 1. The molecule has 2 nitrogen and oxygen atoms in total. The van der Waals surface area contributed by atoms with Crippen molar-refractivity contribution in [2.75, 3.05) is 6.61 Å². The molecule has 0 bridgehead atoms. The molecule has 39 heavy (non-hydrogen) atoms. The number of aromatic nitrogens is 1. The highest BCUT2D eigenvalue weighted by molar-refractivity contribution is 5.90. The van der Waals surface area contributed by atoms with Crippen molar-refractivity contribution >= 4 is 10.9 Å². The second kappa shape index (κ2) is 14.0. The third kappa shape index (κ3) is 7.33. The molecule has 204 valence electrons. The summed E-state index contributed by atoms with van der Waals surface area (Å²) in [6, 6.07) is 20.0. The van der Waals surface area contributed by atoms with Gasteiger partial charge in [0, 0.05) is 28.8 Å². The number of para-hydroxylation sites is 1. The first-order chi connectivity index (χ1) is 19.0. The standard InChI is InChI=1S/C36H42FNO/c1-5-7-14-33-28(4)38(24-8-6-2)36-31(13-11-15-34(33)36)20-16-29-17-21-32(22-18-29)39-25-10-9-12-30-19-23-35(37)27(3)26-30/h11,13,15,17-19,21-23,26H,5-10,12,14,24-25H2,1-4H3. The van der Waals surface area contributed by atoms with Crippen molar-refractivity contribution in [1.29, 1.82) is 0 Å². The number of fused-ring (bicyclic) bond motifs is 1. The second-order valence-corrected chi connectivity index (χ2v) is 10.5. The summed E-state index contributed by atoms with van der Waals surface area (Å²) in [5, 5.41) is 1.36. The van der Waals surface area contributed by atoms with Gasteiger partial charge >= 0.3 is 0 Å². The molecule has 0 amide bonds. The quantitative estimate of drug-likeness (QED) is 0.133. The highest BCUT2D eigenvalue weighted by atomic mass is 19.1. The van der Waals surface area contributed by atoms with Crippen molar-refractivity contribution < 1.29 is 9.13 Å². The van der Waals surface area contributed by atoms with Crippen LogP contribution in [0.5, 0.6) is 5.75 Å². The summed E-state index contributed by atoms with van der Waals surface area (Å²) in [5.41, 5.74) is 8.15. The van der Waals surface area contributed by atoms with E-state index in [4.69, 9.17) is 4.74 Å². The van der Waals surface area contributed by atoms with Crippen LogP contribution in [0.4, 0.5) is 4.39 Å². The first kappa shape index (κ1) is 28.5. The lowest BCUT2D eigenvalue weighted by atomic mass is 10.0. The van der Waals surface area contributed by atoms with Gasteiger partial charge in [-0.2, -0.15) is 0 Å². The fraction of sp³-hybridized carbons (Fsp3) is 0.389. The molecule has 0 aliphatic rings. The highest BCUT2D eigenvalue weighted by Crippen LogP contribution is 2.30. The summed E-state index contributed by atoms with van der Waals surface area (Å²) >= 11 is 0. The average Bonchev–Trinajstić information content (AvgIpc) is 3.22. The molecule has 0 saturated heterocycles. The largest absolute Gasteiger partial charge is 0.494 e. The van der Waals surface area contributed by atoms with Crippen molar-refractivity contribution in [2.45, 2.75) is 85.6 Å². The molecule has 4 rings (SSSR count). The summed E-state index contributed by atoms with van der Waals surface area (Å²) in [6.07, 6.45) is 8.81. The predicted octanol–water partition coefficient (Wildman–Crippen LogP) is 9.34. The van der Waals surface area contributed by atoms with Crippen LogP contribution in [0.25, 0.3) is 10.9 Å². The SMILES string of the molecule is CCCCc1c(C)n(CCCC)c2c(C#Cc3ccc(OCCCCc4ccc(F)c(C)c4)cc3)cccc12. The van der Waals surface area contributed by atoms with Crippen molar-refractivity contribution in [3.05, 3.63) is 100.0 Å². The minimum Gasteiger partial charge on any atom is -0.494 e. The number of aryl methyl sites for hydroxylation is 4. The summed E-state index contributed by atoms with van der Waals surface area (Å²) in [7, 11) is 0. The van der Waals surface area contributed by atoms with Gasteiger partial charge in [0.1, 0.15) is 11.6 Å². The van der Waals surface area contributed by atoms with E-state index in [1.165, 1.54) is 53.4 Å². The highest BCUT2D eigenvalue weighted by Gasteiger charge is 2.15. The Morgan fingerprint density at radius 1 is 0.821 bits per heavy atom. The Morgan fingerprint density at radius 2 is 1.62 bits per heavy atom. The van der Waals surface area contributed by atoms with Crippen LogP contribution in [0.2, 0.25) is 0 Å². The molecule has 0 N–H and O–H groups in total. The Hall–Kier alpha value is -3.51. The van der Waals surface area contributed by atoms with Crippen LogP contribution in [0.1, 0.15) is 85.9 Å². The number of unbranched alkanes of at least 4 members (excludes halogenated alkanes) is 3. The summed E-state index contributed by atoms with van der Waals surface area (Å²) in [4.78, 5) is 0. The number of ether oxygens (including phenoxy) is 1. The average molecular weight is 524 g/mol. The van der Waals surface area contributed by atoms with Crippen LogP contribution in [-0.4, -0.2) is 11.2 Å². The maximum Gasteiger partial charge on any atom is 0.126 e. The van der Waals surface area contributed by atoms with Crippen LogP contribution >= 0.6 is 0 Å². The Bertz CT molecular complexity index is 1440. The van der Waals surface area contributed by atoms with Gasteiger partial charge < -0.3 is 9.30 Å². The van der Waals surface area contributed by atoms with E-state index in [0.29, 0.717) is 12.2 Å². The van der Waals surface area contributed by atoms with E-state index in [-0.39, 0.29) is 5.82 Å². The predicted molar refractivity (Wildman–Crippen MR) is 162 cm³/mol. The molecule has 0 spiro atoms. The molecular weight excluding hydrogens is 481 g/mol. The van der Waals surface area contributed by atoms with E-state index < -0.39 is 0 Å². The number of hydrogen-bond donors (Lipinski definition) is 0. The van der Waals surface area contributed by atoms with Gasteiger partial charge in [-0.1, -0.05) is 62.8 Å². The Kier molecular flexibility index (Phi) is 10.3. The molecule has 0 fully saturated rings. The molecule has 3 heteroatoms. The molecule has 0 aliphatic carbocycles. The Morgan fingerprint density at radius 3 is 2.36 bits per heavy atom. The molecule has 1 aromatic heterocycles. The molecule has 0 aliphatic heterocycles. The number of benzene rings is 3. The zero-order valence-electron chi connectivity index (χ0n) is 24.1. The zero-order valence-corrected chi connectivity index (χ0v) is 24.1. The third-order valence-corrected chi connectivity index (χ3v) is 7.53. The van der Waals surface area contributed by atoms with Gasteiger partial charge in [-0.25, -0.2) is 4.39 Å². The fourth-order valence-electron chi connectivity index (χ4n) is 5.23. The van der Waals surface area contributed by atoms with E-state index in [9.17, 15) is 4.39 Å². The van der Waals surface area contributed by atoms with Gasteiger partial charge in [0.15, 0.2) is 0 Å². The van der Waals surface area contributed by atoms with Crippen LogP contribution in [0.3, 0.4) is 0 Å². The second-order valence-electron chi connectivity index (χ2n) is 10.5. The lowest BCUT2D eigenvalue weighted by Gasteiger charge is -2.09. The van der Waals surface area contributed by atoms with E-state index >= 15 is 0 Å². The minimum absolute atomic E-state index is 0.138. The lowest BCUT2D eigenvalue weighted by molar-refractivity contribution is 0.307. The molecule has 0 radical (unpaired) electrons. The Balaban J connectivity index is 1.40. The number of nitrogens with zero attached hydrogens (tertiary/aromatic N) is 1. The van der Waals surface area contributed by atoms with Crippen LogP contribution in [0, 0.1) is 31.5 Å². The van der Waals surface area contributed by atoms with Gasteiger partial charge in [0.05, 0.1) is 12.1 Å². The number of halogens is 1. The van der Waals surface area contributed by atoms with Crippen molar-refractivity contribution in [3.63, 3.8) is 0 Å². The minimum atomic E-state index is -0.138. The van der Waals surface area contributed by atoms with E-state index in [0.717, 1.165) is 49.1 Å². The van der Waals surface area contributed by atoms with Gasteiger partial charge in [0.25, 0.3) is 0 Å². The van der Waals surface area contributed by atoms with Crippen molar-refractivity contribution in [3.8, 4) is 17.6 Å². The molecule has 3 aromatic carbocycles. The lowest BCUT2D eigenvalue weighted by Crippen LogP contribution is -2.02. The first-order valence-electron chi connectivity index (χ1n) is 14.6. The summed E-state index contributed by atoms with van der Waals surface area (Å²) in [5.74, 6) is 7.60. The van der Waals surface area contributed by atoms with E-state index in [2.05, 4.69) is 55.4 Å². The van der Waals surface area contributed by atoms with Gasteiger partial charge in [0.2, 0.25) is 0 Å². The first-order valence-corrected chi connectivity index (χ1v) is 14.6. The molecular formula is C36H42FNO. The topological polar surface area (TPSA) is 14.2 Å². The maximum atomic E-state index is 13.4. The Labute approximate surface area is 234 Å². The van der Waals surface area contributed by atoms with Crippen molar-refractivity contribution in [1.82, 2.24) is 4.57 Å². The van der Waals surface area contributed by atoms with Crippen LogP contribution in [0.15, 0.2) is 60.7 Å². The van der Waals surface area contributed by atoms with Crippen LogP contribution in [-0.2, 0) is 19.4 Å². The zero-order chi connectivity index (χ0) is 27.6. The van der Waals surface area contributed by atoms with Crippen molar-refractivity contribution in [2.24, 2.45) is 0 Å². The molecule has 4 aromatic rings. The monoisotopic (exact) mass is 523 g/mol. The molecule has 0 saturated carbocycles. The van der Waals surface area contributed by atoms with E-state index in [1.54, 1.807) is 6.07 Å². The van der Waals surface area contributed by atoms with Crippen LogP contribution < -0.4 is 4.74 Å².